The lowest BCUT2D eigenvalue weighted by molar-refractivity contribution is -0.123. The van der Waals surface area contributed by atoms with E-state index in [1.165, 1.54) is 7.11 Å². The number of ketones is 1. The minimum absolute atomic E-state index is 0.0119. The van der Waals surface area contributed by atoms with Crippen LogP contribution in [0.4, 0.5) is 0 Å². The molecule has 0 bridgehead atoms. The molecule has 0 saturated carbocycles. The van der Waals surface area contributed by atoms with Gasteiger partial charge in [0.25, 0.3) is 0 Å². The molecular weight excluding hydrogens is 320 g/mol. The number of carbonyl (C=O) groups excluding carboxylic acids is 1. The van der Waals surface area contributed by atoms with Crippen molar-refractivity contribution in [1.29, 1.82) is 0 Å². The SMILES string of the molecule is CCC[C@H]1C[C@]2(C(C)Cc3ccc(OC)c(O)c3)OCOC2=CC1=O. The summed E-state index contributed by atoms with van der Waals surface area (Å²) in [6.45, 7) is 4.40. The van der Waals surface area contributed by atoms with E-state index in [-0.39, 0.29) is 30.2 Å². The number of methoxy groups -OCH3 is 1. The van der Waals surface area contributed by atoms with Crippen LogP contribution < -0.4 is 4.74 Å². The minimum atomic E-state index is -0.552. The second-order valence-electron chi connectivity index (χ2n) is 7.01. The number of phenols is 1. The molecule has 1 aromatic carbocycles. The van der Waals surface area contributed by atoms with Crippen LogP contribution in [-0.2, 0) is 20.7 Å². The first-order chi connectivity index (χ1) is 12.0. The zero-order valence-electron chi connectivity index (χ0n) is 15.1. The smallest absolute Gasteiger partial charge is 0.189 e. The van der Waals surface area contributed by atoms with Gasteiger partial charge in [-0.15, -0.1) is 0 Å². The van der Waals surface area contributed by atoms with E-state index in [1.54, 1.807) is 18.2 Å². The molecule has 2 aliphatic rings. The van der Waals surface area contributed by atoms with Crippen LogP contribution in [0.2, 0.25) is 0 Å². The quantitative estimate of drug-likeness (QED) is 0.853. The van der Waals surface area contributed by atoms with E-state index in [2.05, 4.69) is 13.8 Å². The molecule has 0 radical (unpaired) electrons. The van der Waals surface area contributed by atoms with Crippen molar-refractivity contribution in [2.24, 2.45) is 11.8 Å². The van der Waals surface area contributed by atoms with E-state index in [4.69, 9.17) is 14.2 Å². The Labute approximate surface area is 148 Å². The van der Waals surface area contributed by atoms with Gasteiger partial charge < -0.3 is 19.3 Å². The van der Waals surface area contributed by atoms with Crippen molar-refractivity contribution in [3.8, 4) is 11.5 Å². The van der Waals surface area contributed by atoms with Crippen LogP contribution >= 0.6 is 0 Å². The van der Waals surface area contributed by atoms with Gasteiger partial charge in [-0.05, 0) is 42.9 Å². The Morgan fingerprint density at radius 2 is 2.24 bits per heavy atom. The number of aromatic hydroxyl groups is 1. The predicted octanol–water partition coefficient (Wildman–Crippen LogP) is 3.60. The fourth-order valence-electron chi connectivity index (χ4n) is 3.99. The molecule has 0 aromatic heterocycles. The molecule has 1 aromatic rings. The number of hydrogen-bond donors (Lipinski definition) is 1. The number of benzene rings is 1. The highest BCUT2D eigenvalue weighted by Gasteiger charge is 2.51. The van der Waals surface area contributed by atoms with Crippen molar-refractivity contribution in [2.75, 3.05) is 13.9 Å². The molecule has 1 heterocycles. The Hall–Kier alpha value is -2.01. The third kappa shape index (κ3) is 3.25. The van der Waals surface area contributed by atoms with E-state index < -0.39 is 5.60 Å². The molecule has 1 aliphatic heterocycles. The Morgan fingerprint density at radius 1 is 1.44 bits per heavy atom. The van der Waals surface area contributed by atoms with Crippen molar-refractivity contribution in [3.63, 3.8) is 0 Å². The topological polar surface area (TPSA) is 65.0 Å². The number of phenolic OH excluding ortho intramolecular Hbond substituents is 1. The zero-order valence-corrected chi connectivity index (χ0v) is 15.1. The van der Waals surface area contributed by atoms with Gasteiger partial charge in [0.15, 0.2) is 24.1 Å². The van der Waals surface area contributed by atoms with Gasteiger partial charge in [-0.2, -0.15) is 0 Å². The molecule has 1 saturated heterocycles. The number of hydrogen-bond acceptors (Lipinski definition) is 5. The van der Waals surface area contributed by atoms with Crippen LogP contribution in [0.15, 0.2) is 30.0 Å². The van der Waals surface area contributed by atoms with Crippen LogP contribution in [-0.4, -0.2) is 30.4 Å². The third-order valence-electron chi connectivity index (χ3n) is 5.39. The van der Waals surface area contributed by atoms with E-state index in [0.29, 0.717) is 24.4 Å². The molecule has 1 fully saturated rings. The van der Waals surface area contributed by atoms with Crippen molar-refractivity contribution < 1.29 is 24.1 Å². The summed E-state index contributed by atoms with van der Waals surface area (Å²) in [5, 5.41) is 10.0. The first-order valence-corrected chi connectivity index (χ1v) is 8.88. The summed E-state index contributed by atoms with van der Waals surface area (Å²) < 4.78 is 16.8. The van der Waals surface area contributed by atoms with Gasteiger partial charge in [-0.3, -0.25) is 4.79 Å². The second-order valence-corrected chi connectivity index (χ2v) is 7.01. The summed E-state index contributed by atoms with van der Waals surface area (Å²) in [5.74, 6) is 1.50. The summed E-state index contributed by atoms with van der Waals surface area (Å²) >= 11 is 0. The molecule has 3 atom stereocenters. The van der Waals surface area contributed by atoms with Crippen molar-refractivity contribution >= 4 is 5.78 Å². The van der Waals surface area contributed by atoms with E-state index in [9.17, 15) is 9.90 Å². The maximum Gasteiger partial charge on any atom is 0.189 e. The van der Waals surface area contributed by atoms with Crippen molar-refractivity contribution in [1.82, 2.24) is 0 Å². The van der Waals surface area contributed by atoms with E-state index in [0.717, 1.165) is 18.4 Å². The number of ether oxygens (including phenoxy) is 3. The molecule has 1 N–H and O–H groups in total. The number of carbonyl (C=O) groups is 1. The maximum atomic E-state index is 12.3. The molecular formula is C20H26O5. The van der Waals surface area contributed by atoms with Gasteiger partial charge in [-0.1, -0.05) is 26.3 Å². The van der Waals surface area contributed by atoms with Gasteiger partial charge in [0.05, 0.1) is 7.11 Å². The van der Waals surface area contributed by atoms with Crippen LogP contribution in [0, 0.1) is 11.8 Å². The molecule has 0 amide bonds. The van der Waals surface area contributed by atoms with Crippen LogP contribution in [0.5, 0.6) is 11.5 Å². The van der Waals surface area contributed by atoms with Gasteiger partial charge in [-0.25, -0.2) is 0 Å². The number of rotatable bonds is 6. The third-order valence-corrected chi connectivity index (χ3v) is 5.39. The van der Waals surface area contributed by atoms with Crippen LogP contribution in [0.3, 0.4) is 0 Å². The minimum Gasteiger partial charge on any atom is -0.504 e. The Balaban J connectivity index is 1.84. The van der Waals surface area contributed by atoms with Gasteiger partial charge in [0.1, 0.15) is 11.4 Å². The summed E-state index contributed by atoms with van der Waals surface area (Å²) in [5.41, 5.74) is 0.447. The monoisotopic (exact) mass is 346 g/mol. The molecule has 0 spiro atoms. The molecule has 25 heavy (non-hydrogen) atoms. The molecule has 3 rings (SSSR count). The average molecular weight is 346 g/mol. The highest BCUT2D eigenvalue weighted by atomic mass is 16.7. The van der Waals surface area contributed by atoms with Crippen LogP contribution in [0.1, 0.15) is 38.7 Å². The van der Waals surface area contributed by atoms with Crippen molar-refractivity contribution in [3.05, 3.63) is 35.6 Å². The van der Waals surface area contributed by atoms with E-state index >= 15 is 0 Å². The Bertz CT molecular complexity index is 681. The highest BCUT2D eigenvalue weighted by molar-refractivity contribution is 5.93. The van der Waals surface area contributed by atoms with Gasteiger partial charge in [0, 0.05) is 12.0 Å². The second kappa shape index (κ2) is 7.08. The summed E-state index contributed by atoms with van der Waals surface area (Å²) in [4.78, 5) is 12.3. The fourth-order valence-corrected chi connectivity index (χ4v) is 3.99. The predicted molar refractivity (Wildman–Crippen MR) is 93.4 cm³/mol. The summed E-state index contributed by atoms with van der Waals surface area (Å²) in [6.07, 6.45) is 4.85. The fraction of sp³-hybridized carbons (Fsp3) is 0.550. The van der Waals surface area contributed by atoms with Gasteiger partial charge >= 0.3 is 0 Å². The molecule has 1 unspecified atom stereocenters. The lowest BCUT2D eigenvalue weighted by Gasteiger charge is -2.38. The van der Waals surface area contributed by atoms with Crippen LogP contribution in [0.25, 0.3) is 0 Å². The number of allylic oxidation sites excluding steroid dienone is 1. The maximum absolute atomic E-state index is 12.3. The first-order valence-electron chi connectivity index (χ1n) is 8.88. The Kier molecular flexibility index (Phi) is 5.04. The average Bonchev–Trinajstić information content (AvgIpc) is 2.99. The Morgan fingerprint density at radius 3 is 2.92 bits per heavy atom. The largest absolute Gasteiger partial charge is 0.504 e. The zero-order chi connectivity index (χ0) is 18.0. The number of fused-ring (bicyclic) bond motifs is 1. The lowest BCUT2D eigenvalue weighted by atomic mass is 9.71. The van der Waals surface area contributed by atoms with Gasteiger partial charge in [0.2, 0.25) is 0 Å². The molecule has 1 aliphatic carbocycles. The lowest BCUT2D eigenvalue weighted by Crippen LogP contribution is -2.44. The summed E-state index contributed by atoms with van der Waals surface area (Å²) in [7, 11) is 1.53. The first kappa shape index (κ1) is 17.8. The molecule has 5 heteroatoms. The van der Waals surface area contributed by atoms with E-state index in [1.807, 2.05) is 6.07 Å². The highest BCUT2D eigenvalue weighted by Crippen LogP contribution is 2.46. The summed E-state index contributed by atoms with van der Waals surface area (Å²) in [6, 6.07) is 5.44. The molecule has 5 nitrogen and oxygen atoms in total. The normalized spacial score (nSPS) is 26.6. The molecule has 136 valence electrons. The van der Waals surface area contributed by atoms with Crippen molar-refractivity contribution in [2.45, 2.75) is 45.1 Å². The standard InChI is InChI=1S/C20H26O5/c1-4-5-15-11-20(19(10-16(15)21)24-12-25-20)13(2)8-14-6-7-18(23-3)17(22)9-14/h6-7,9-10,13,15,22H,4-5,8,11-12H2,1-3H3/t13?,15-,20+/m0/s1.